The summed E-state index contributed by atoms with van der Waals surface area (Å²) in [4.78, 5) is 37.7. The van der Waals surface area contributed by atoms with E-state index in [9.17, 15) is 18.0 Å². The molecule has 1 aromatic rings. The van der Waals surface area contributed by atoms with Crippen molar-refractivity contribution in [2.45, 2.75) is 38.0 Å². The van der Waals surface area contributed by atoms with Crippen molar-refractivity contribution in [1.29, 1.82) is 0 Å². The number of nitrogens with zero attached hydrogens (tertiary/aromatic N) is 3. The number of aromatic amines is 1. The van der Waals surface area contributed by atoms with Gasteiger partial charge >= 0.3 is 16.4 Å². The Hall–Kier alpha value is -2.22. The van der Waals surface area contributed by atoms with Crippen molar-refractivity contribution in [2.75, 3.05) is 6.54 Å². The first-order valence-corrected chi connectivity index (χ1v) is 8.83. The maximum absolute atomic E-state index is 12.3. The molecule has 2 aliphatic rings. The lowest BCUT2D eigenvalue weighted by Crippen LogP contribution is -2.49. The highest BCUT2D eigenvalue weighted by Gasteiger charge is 2.49. The number of carbonyl (C=O) groups is 2. The first-order valence-electron chi connectivity index (χ1n) is 7.47. The van der Waals surface area contributed by atoms with E-state index >= 15 is 0 Å². The molecule has 13 heteroatoms. The van der Waals surface area contributed by atoms with Crippen LogP contribution in [0.15, 0.2) is 12.5 Å². The SMILES string of the molecule is CC(ONC(=O)C1CCC2CN1C(=O)N2OS(=O)(=O)O)c1cnc[nH]1. The molecular formula is C12H17N5O7S. The van der Waals surface area contributed by atoms with E-state index < -0.39 is 40.5 Å². The predicted octanol–water partition coefficient (Wildman–Crippen LogP) is -0.478. The number of rotatable bonds is 6. The van der Waals surface area contributed by atoms with Crippen LogP contribution in [0, 0.1) is 0 Å². The normalized spacial score (nSPS) is 24.5. The third kappa shape index (κ3) is 3.73. The number of hydrogen-bond acceptors (Lipinski definition) is 7. The van der Waals surface area contributed by atoms with E-state index in [-0.39, 0.29) is 6.54 Å². The van der Waals surface area contributed by atoms with E-state index in [0.29, 0.717) is 23.6 Å². The van der Waals surface area contributed by atoms with Crippen molar-refractivity contribution >= 4 is 22.3 Å². The van der Waals surface area contributed by atoms with Gasteiger partial charge in [0.15, 0.2) is 0 Å². The average molecular weight is 375 g/mol. The second-order valence-electron chi connectivity index (χ2n) is 5.74. The second-order valence-corrected chi connectivity index (χ2v) is 6.75. The molecule has 12 nitrogen and oxygen atoms in total. The van der Waals surface area contributed by atoms with Gasteiger partial charge in [-0.1, -0.05) is 0 Å². The van der Waals surface area contributed by atoms with Crippen molar-refractivity contribution in [1.82, 2.24) is 25.4 Å². The number of H-pyrrole nitrogens is 1. The maximum atomic E-state index is 12.3. The molecule has 3 unspecified atom stereocenters. The van der Waals surface area contributed by atoms with Gasteiger partial charge in [-0.25, -0.2) is 15.3 Å². The minimum atomic E-state index is -4.82. The molecule has 25 heavy (non-hydrogen) atoms. The highest BCUT2D eigenvalue weighted by molar-refractivity contribution is 7.80. The summed E-state index contributed by atoms with van der Waals surface area (Å²) in [5, 5.41) is 0.580. The summed E-state index contributed by atoms with van der Waals surface area (Å²) < 4.78 is 34.7. The second kappa shape index (κ2) is 6.59. The number of hydroxylamine groups is 3. The minimum Gasteiger partial charge on any atom is -0.346 e. The first-order chi connectivity index (χ1) is 11.8. The van der Waals surface area contributed by atoms with Gasteiger partial charge in [-0.3, -0.25) is 14.2 Å². The van der Waals surface area contributed by atoms with Gasteiger partial charge in [0.2, 0.25) is 0 Å². The smallest absolute Gasteiger partial charge is 0.346 e. The van der Waals surface area contributed by atoms with Crippen LogP contribution in [0.5, 0.6) is 0 Å². The Labute approximate surface area is 142 Å². The van der Waals surface area contributed by atoms with Crippen molar-refractivity contribution in [3.63, 3.8) is 0 Å². The van der Waals surface area contributed by atoms with Crippen molar-refractivity contribution < 1.29 is 31.7 Å². The molecule has 3 atom stereocenters. The van der Waals surface area contributed by atoms with Gasteiger partial charge in [-0.15, -0.1) is 4.28 Å². The molecule has 1 aromatic heterocycles. The topological polar surface area (TPSA) is 154 Å². The number of nitrogens with one attached hydrogen (secondary N) is 2. The largest absolute Gasteiger partial charge is 0.418 e. The number of urea groups is 1. The molecule has 2 saturated heterocycles. The van der Waals surface area contributed by atoms with Gasteiger partial charge in [-0.2, -0.15) is 13.5 Å². The highest BCUT2D eigenvalue weighted by atomic mass is 32.3. The van der Waals surface area contributed by atoms with E-state index in [4.69, 9.17) is 9.39 Å². The monoisotopic (exact) mass is 375 g/mol. The Bertz CT molecular complexity index is 752. The molecule has 2 bridgehead atoms. The number of hydrogen-bond donors (Lipinski definition) is 3. The molecule has 0 spiro atoms. The fourth-order valence-corrected chi connectivity index (χ4v) is 3.26. The van der Waals surface area contributed by atoms with Crippen LogP contribution in [0.3, 0.4) is 0 Å². The van der Waals surface area contributed by atoms with Crippen LogP contribution in [0.2, 0.25) is 0 Å². The molecule has 0 aliphatic carbocycles. The van der Waals surface area contributed by atoms with Gasteiger partial charge in [-0.05, 0) is 19.8 Å². The summed E-state index contributed by atoms with van der Waals surface area (Å²) >= 11 is 0. The van der Waals surface area contributed by atoms with Crippen molar-refractivity contribution in [3.8, 4) is 0 Å². The standard InChI is InChI=1S/C12H17N5O7S/c1-7(9-4-13-6-14-9)23-15-11(18)10-3-2-8-5-16(10)12(19)17(8)24-25(20,21)22/h4,6-8,10H,2-3,5H2,1H3,(H,13,14)(H,15,18)(H,20,21,22). The molecule has 2 aliphatic heterocycles. The van der Waals surface area contributed by atoms with Gasteiger partial charge < -0.3 is 9.88 Å². The Kier molecular flexibility index (Phi) is 4.64. The number of fused-ring (bicyclic) bond motifs is 2. The van der Waals surface area contributed by atoms with E-state index in [0.717, 1.165) is 0 Å². The molecule has 3 N–H and O–H groups in total. The summed E-state index contributed by atoms with van der Waals surface area (Å²) in [7, 11) is -4.82. The van der Waals surface area contributed by atoms with Crippen LogP contribution in [-0.4, -0.2) is 63.5 Å². The van der Waals surface area contributed by atoms with Gasteiger partial charge in [0.05, 0.1) is 24.3 Å². The van der Waals surface area contributed by atoms with E-state index in [1.165, 1.54) is 11.2 Å². The number of aromatic nitrogens is 2. The lowest BCUT2D eigenvalue weighted by molar-refractivity contribution is -0.143. The quantitative estimate of drug-likeness (QED) is 0.445. The fourth-order valence-electron chi connectivity index (χ4n) is 2.87. The zero-order valence-electron chi connectivity index (χ0n) is 13.2. The first kappa shape index (κ1) is 17.6. The van der Waals surface area contributed by atoms with Crippen LogP contribution >= 0.6 is 0 Å². The molecule has 2 fully saturated rings. The Morgan fingerprint density at radius 3 is 2.92 bits per heavy atom. The Balaban J connectivity index is 1.60. The van der Waals surface area contributed by atoms with Crippen molar-refractivity contribution in [3.05, 3.63) is 18.2 Å². The van der Waals surface area contributed by atoms with Crippen LogP contribution in [0.4, 0.5) is 4.79 Å². The third-order valence-corrected chi connectivity index (χ3v) is 4.44. The lowest BCUT2D eigenvalue weighted by Gasteiger charge is -2.29. The highest BCUT2D eigenvalue weighted by Crippen LogP contribution is 2.30. The molecule has 3 amide bonds. The Morgan fingerprint density at radius 2 is 2.28 bits per heavy atom. The maximum Gasteiger partial charge on any atom is 0.418 e. The van der Waals surface area contributed by atoms with Crippen LogP contribution < -0.4 is 5.48 Å². The number of imidazole rings is 1. The molecule has 0 radical (unpaired) electrons. The van der Waals surface area contributed by atoms with Crippen LogP contribution in [0.1, 0.15) is 31.6 Å². The number of carbonyl (C=O) groups excluding carboxylic acids is 2. The van der Waals surface area contributed by atoms with Gasteiger partial charge in [0, 0.05) is 6.54 Å². The molecular weight excluding hydrogens is 358 g/mol. The van der Waals surface area contributed by atoms with Crippen LogP contribution in [-0.2, 0) is 24.3 Å². The summed E-state index contributed by atoms with van der Waals surface area (Å²) in [6, 6.07) is -2.18. The van der Waals surface area contributed by atoms with Gasteiger partial charge in [0.25, 0.3) is 5.91 Å². The summed E-state index contributed by atoms with van der Waals surface area (Å²) in [6.45, 7) is 1.82. The molecule has 0 saturated carbocycles. The van der Waals surface area contributed by atoms with Crippen LogP contribution in [0.25, 0.3) is 0 Å². The average Bonchev–Trinajstić information content (AvgIpc) is 3.16. The number of amides is 3. The number of piperidine rings is 1. The minimum absolute atomic E-state index is 0.114. The summed E-state index contributed by atoms with van der Waals surface area (Å²) in [5.41, 5.74) is 2.96. The summed E-state index contributed by atoms with van der Waals surface area (Å²) in [6.07, 6.45) is 3.19. The zero-order chi connectivity index (χ0) is 18.2. The van der Waals surface area contributed by atoms with Gasteiger partial charge in [0.1, 0.15) is 12.1 Å². The third-order valence-electron chi connectivity index (χ3n) is 4.09. The van der Waals surface area contributed by atoms with E-state index in [2.05, 4.69) is 19.7 Å². The molecule has 0 aromatic carbocycles. The molecule has 138 valence electrons. The fraction of sp³-hybridized carbons (Fsp3) is 0.583. The molecule has 3 heterocycles. The van der Waals surface area contributed by atoms with E-state index in [1.54, 1.807) is 13.1 Å². The predicted molar refractivity (Wildman–Crippen MR) is 79.6 cm³/mol. The molecule has 3 rings (SSSR count). The summed E-state index contributed by atoms with van der Waals surface area (Å²) in [5.74, 6) is -0.535. The van der Waals surface area contributed by atoms with Crippen molar-refractivity contribution in [2.24, 2.45) is 0 Å². The van der Waals surface area contributed by atoms with E-state index in [1.807, 2.05) is 0 Å². The zero-order valence-corrected chi connectivity index (χ0v) is 14.0. The Morgan fingerprint density at radius 1 is 1.52 bits per heavy atom. The lowest BCUT2D eigenvalue weighted by atomic mass is 10.0.